The number of benzene rings is 1. The molecule has 1 aliphatic heterocycles. The molecule has 0 atom stereocenters. The zero-order chi connectivity index (χ0) is 19.1. The first-order valence-electron chi connectivity index (χ1n) is 7.75. The van der Waals surface area contributed by atoms with Crippen LogP contribution in [0.4, 0.5) is 0 Å². The van der Waals surface area contributed by atoms with E-state index >= 15 is 0 Å². The van der Waals surface area contributed by atoms with Gasteiger partial charge in [-0.15, -0.1) is 6.58 Å². The molecule has 0 saturated carbocycles. The Kier molecular flexibility index (Phi) is 6.89. The molecule has 1 aromatic rings. The summed E-state index contributed by atoms with van der Waals surface area (Å²) in [6, 6.07) is 8.94. The highest BCUT2D eigenvalue weighted by Crippen LogP contribution is 2.32. The lowest BCUT2D eigenvalue weighted by atomic mass is 10.1. The van der Waals surface area contributed by atoms with Crippen LogP contribution < -0.4 is 0 Å². The highest BCUT2D eigenvalue weighted by atomic mass is 32.2. The average molecular weight is 384 g/mol. The van der Waals surface area contributed by atoms with E-state index in [2.05, 4.69) is 6.58 Å². The molecule has 1 amide bonds. The van der Waals surface area contributed by atoms with Crippen LogP contribution in [0.3, 0.4) is 0 Å². The third-order valence-corrected chi connectivity index (χ3v) is 4.72. The number of thioether (sulfide) groups is 1. The molecule has 0 N–H and O–H groups in total. The number of hydrogen-bond acceptors (Lipinski definition) is 6. The van der Waals surface area contributed by atoms with E-state index in [1.165, 1.54) is 22.7 Å². The molecule has 1 saturated heterocycles. The van der Waals surface area contributed by atoms with Crippen molar-refractivity contribution in [1.82, 2.24) is 4.90 Å². The summed E-state index contributed by atoms with van der Waals surface area (Å²) in [6.07, 6.45) is 4.85. The predicted molar refractivity (Wildman–Crippen MR) is 107 cm³/mol. The molecule has 0 aromatic heterocycles. The van der Waals surface area contributed by atoms with E-state index in [1.807, 2.05) is 6.07 Å². The smallest absolute Gasteiger partial charge is 0.348 e. The van der Waals surface area contributed by atoms with Gasteiger partial charge in [-0.05, 0) is 30.2 Å². The summed E-state index contributed by atoms with van der Waals surface area (Å²) in [5.41, 5.74) is 1.44. The average Bonchev–Trinajstić information content (AvgIpc) is 2.89. The molecular weight excluding hydrogens is 368 g/mol. The van der Waals surface area contributed by atoms with Crippen LogP contribution in [0, 0.1) is 11.3 Å². The number of nitrogens with zero attached hydrogens (tertiary/aromatic N) is 2. The summed E-state index contributed by atoms with van der Waals surface area (Å²) < 4.78 is 5.34. The van der Waals surface area contributed by atoms with E-state index in [1.54, 1.807) is 43.3 Å². The summed E-state index contributed by atoms with van der Waals surface area (Å²) in [4.78, 5) is 26.0. The molecule has 0 unspecified atom stereocenters. The number of esters is 1. The van der Waals surface area contributed by atoms with Crippen LogP contribution in [-0.2, 0) is 14.3 Å². The third-order valence-electron chi connectivity index (χ3n) is 3.35. The van der Waals surface area contributed by atoms with Crippen molar-refractivity contribution in [2.24, 2.45) is 0 Å². The van der Waals surface area contributed by atoms with E-state index in [0.29, 0.717) is 21.3 Å². The van der Waals surface area contributed by atoms with Crippen LogP contribution in [0.5, 0.6) is 0 Å². The molecule has 1 aliphatic rings. The van der Waals surface area contributed by atoms with Gasteiger partial charge in [0.2, 0.25) is 0 Å². The second-order valence-corrected chi connectivity index (χ2v) is 6.81. The Morgan fingerprint density at radius 2 is 2.04 bits per heavy atom. The lowest BCUT2D eigenvalue weighted by molar-refractivity contribution is -0.137. The minimum absolute atomic E-state index is 0.0649. The Hall–Kier alpha value is -2.69. The highest BCUT2D eigenvalue weighted by molar-refractivity contribution is 8.26. The molecule has 132 valence electrons. The van der Waals surface area contributed by atoms with Crippen molar-refractivity contribution in [3.8, 4) is 6.07 Å². The first-order valence-corrected chi connectivity index (χ1v) is 8.97. The van der Waals surface area contributed by atoms with Crippen LogP contribution in [0.1, 0.15) is 18.1 Å². The fourth-order valence-electron chi connectivity index (χ4n) is 2.14. The van der Waals surface area contributed by atoms with E-state index in [0.717, 1.165) is 5.56 Å². The Morgan fingerprint density at radius 3 is 2.62 bits per heavy atom. The van der Waals surface area contributed by atoms with Crippen LogP contribution >= 0.6 is 24.0 Å². The Bertz CT molecular complexity index is 849. The molecule has 0 bridgehead atoms. The van der Waals surface area contributed by atoms with Crippen LogP contribution in [0.2, 0.25) is 0 Å². The van der Waals surface area contributed by atoms with Crippen molar-refractivity contribution in [2.45, 2.75) is 6.92 Å². The number of carbonyl (C=O) groups excluding carboxylic acids is 2. The zero-order valence-corrected chi connectivity index (χ0v) is 15.7. The molecule has 1 aromatic carbocycles. The minimum Gasteiger partial charge on any atom is -0.462 e. The fraction of sp³-hybridized carbons (Fsp3) is 0.158. The first kappa shape index (κ1) is 19.6. The molecule has 5 nitrogen and oxygen atoms in total. The number of thiocarbonyl (C=S) groups is 1. The second-order valence-electron chi connectivity index (χ2n) is 5.14. The van der Waals surface area contributed by atoms with E-state index in [4.69, 9.17) is 22.2 Å². The normalized spacial score (nSPS) is 15.9. The molecule has 0 spiro atoms. The summed E-state index contributed by atoms with van der Waals surface area (Å²) in [6.45, 7) is 5.90. The van der Waals surface area contributed by atoms with E-state index in [9.17, 15) is 9.59 Å². The molecule has 0 radical (unpaired) electrons. The molecule has 1 heterocycles. The molecule has 2 rings (SSSR count). The number of hydrogen-bond donors (Lipinski definition) is 0. The quantitative estimate of drug-likeness (QED) is 0.246. The van der Waals surface area contributed by atoms with Gasteiger partial charge in [0.1, 0.15) is 16.0 Å². The molecule has 0 aliphatic carbocycles. The van der Waals surface area contributed by atoms with Gasteiger partial charge >= 0.3 is 5.97 Å². The number of ether oxygens (including phenoxy) is 1. The lowest BCUT2D eigenvalue weighted by Gasteiger charge is -2.10. The lowest BCUT2D eigenvalue weighted by Crippen LogP contribution is -2.27. The van der Waals surface area contributed by atoms with Gasteiger partial charge in [-0.3, -0.25) is 9.69 Å². The molecule has 26 heavy (non-hydrogen) atoms. The Morgan fingerprint density at radius 1 is 1.38 bits per heavy atom. The third kappa shape index (κ3) is 4.69. The van der Waals surface area contributed by atoms with Gasteiger partial charge in [0, 0.05) is 6.54 Å². The Balaban J connectivity index is 2.19. The van der Waals surface area contributed by atoms with Gasteiger partial charge in [-0.25, -0.2) is 4.79 Å². The topological polar surface area (TPSA) is 70.4 Å². The van der Waals surface area contributed by atoms with Crippen molar-refractivity contribution < 1.29 is 14.3 Å². The number of nitriles is 1. The molecule has 1 fully saturated rings. The number of amides is 1. The maximum absolute atomic E-state index is 12.3. The standard InChI is InChI=1S/C19H16N2O3S2/c1-3-9-21-17(22)16(26-19(21)25)11-14-7-5-13(6-8-14)10-15(12-20)18(23)24-4-2/h3,5-8,10-11H,1,4,9H2,2H3. The SMILES string of the molecule is C=CCN1C(=O)C(=Cc2ccc(C=C(C#N)C(=O)OCC)cc2)SC1=S. The summed E-state index contributed by atoms with van der Waals surface area (Å²) in [7, 11) is 0. The largest absolute Gasteiger partial charge is 0.462 e. The van der Waals surface area contributed by atoms with Crippen LogP contribution in [-0.4, -0.2) is 34.2 Å². The van der Waals surface area contributed by atoms with Gasteiger partial charge in [-0.2, -0.15) is 5.26 Å². The van der Waals surface area contributed by atoms with Crippen molar-refractivity contribution in [1.29, 1.82) is 5.26 Å². The molecular formula is C19H16N2O3S2. The second kappa shape index (κ2) is 9.13. The molecule has 7 heteroatoms. The van der Waals surface area contributed by atoms with Crippen molar-refractivity contribution in [3.63, 3.8) is 0 Å². The number of carbonyl (C=O) groups is 2. The first-order chi connectivity index (χ1) is 12.5. The van der Waals surface area contributed by atoms with Crippen molar-refractivity contribution in [2.75, 3.05) is 13.2 Å². The van der Waals surface area contributed by atoms with Crippen molar-refractivity contribution >= 4 is 52.3 Å². The summed E-state index contributed by atoms with van der Waals surface area (Å²) in [5, 5.41) is 9.06. The van der Waals surface area contributed by atoms with Gasteiger partial charge in [0.25, 0.3) is 5.91 Å². The fourth-order valence-corrected chi connectivity index (χ4v) is 3.41. The monoisotopic (exact) mass is 384 g/mol. The van der Waals surface area contributed by atoms with E-state index in [-0.39, 0.29) is 18.1 Å². The minimum atomic E-state index is -0.648. The maximum atomic E-state index is 12.3. The van der Waals surface area contributed by atoms with Gasteiger partial charge in [-0.1, -0.05) is 54.3 Å². The summed E-state index contributed by atoms with van der Waals surface area (Å²) >= 11 is 6.45. The summed E-state index contributed by atoms with van der Waals surface area (Å²) in [5.74, 6) is -0.789. The van der Waals surface area contributed by atoms with Gasteiger partial charge in [0.05, 0.1) is 11.5 Å². The maximum Gasteiger partial charge on any atom is 0.348 e. The predicted octanol–water partition coefficient (Wildman–Crippen LogP) is 3.54. The zero-order valence-electron chi connectivity index (χ0n) is 14.1. The van der Waals surface area contributed by atoms with Gasteiger partial charge < -0.3 is 4.74 Å². The van der Waals surface area contributed by atoms with E-state index < -0.39 is 5.97 Å². The highest BCUT2D eigenvalue weighted by Gasteiger charge is 2.30. The van der Waals surface area contributed by atoms with Crippen LogP contribution in [0.15, 0.2) is 47.4 Å². The van der Waals surface area contributed by atoms with Gasteiger partial charge in [0.15, 0.2) is 0 Å². The van der Waals surface area contributed by atoms with Crippen molar-refractivity contribution in [3.05, 3.63) is 58.5 Å². The number of rotatable bonds is 6. The Labute approximate surface area is 161 Å². The van der Waals surface area contributed by atoms with Crippen LogP contribution in [0.25, 0.3) is 12.2 Å².